The second kappa shape index (κ2) is 31.3. The maximum Gasteiger partial charge on any atom is 0.347 e. The topological polar surface area (TPSA) is 244 Å². The number of hydrogen-bond acceptors (Lipinski definition) is 15. The minimum atomic E-state index is -1.58. The van der Waals surface area contributed by atoms with Gasteiger partial charge in [0, 0.05) is 37.2 Å². The molecule has 1 aromatic heterocycles. The van der Waals surface area contributed by atoms with Gasteiger partial charge in [0.25, 0.3) is 5.91 Å². The molecule has 7 N–H and O–H groups in total. The fourth-order valence-electron chi connectivity index (χ4n) is 6.19. The standard InChI is InChI=1S/C52H69N7O10/c1-6-7-8-9-10-11-12-13-14-15-16-17-18-19-20-21-32-44(61)66-37-52(2,3)45(46(62)56-35-33-43(60)57-50(53)58-51(54)59(4)5)69-49(65)40-29-23-25-31-42(40)68-48(64)39-28-22-24-30-41(39)67-47(63)38-27-26-34-55-36-38/h7-8,10-11,13-14,18-19,22-31,34,36,45,50-51,58H,6,9,12,15-17,20-21,32-33,35,37,53-54H2,1-5H3,(H,56,62)(H,57,60)/b8-7-,11-10-,14-13-,19-18+/t45-,50?,51?/m0/s1. The van der Waals surface area contributed by atoms with E-state index < -0.39 is 59.8 Å². The number of allylic oxidation sites excluding steroid dienone is 8. The van der Waals surface area contributed by atoms with E-state index in [4.69, 9.17) is 30.4 Å². The molecule has 3 aromatic rings. The van der Waals surface area contributed by atoms with Crippen LogP contribution in [0.4, 0.5) is 0 Å². The van der Waals surface area contributed by atoms with Crippen LogP contribution in [0.5, 0.6) is 11.5 Å². The first-order valence-electron chi connectivity index (χ1n) is 23.1. The predicted octanol–water partition coefficient (Wildman–Crippen LogP) is 6.63. The van der Waals surface area contributed by atoms with Gasteiger partial charge in [0.2, 0.25) is 5.91 Å². The van der Waals surface area contributed by atoms with Crippen molar-refractivity contribution in [2.75, 3.05) is 27.2 Å². The fourth-order valence-corrected chi connectivity index (χ4v) is 6.19. The van der Waals surface area contributed by atoms with Crippen molar-refractivity contribution in [1.29, 1.82) is 0 Å². The number of rotatable bonds is 30. The maximum absolute atomic E-state index is 14.0. The highest BCUT2D eigenvalue weighted by molar-refractivity contribution is 5.99. The molecule has 3 atom stereocenters. The summed E-state index contributed by atoms with van der Waals surface area (Å²) < 4.78 is 22.6. The number of carbonyl (C=O) groups is 6. The van der Waals surface area contributed by atoms with Gasteiger partial charge in [0.05, 0.1) is 5.56 Å². The molecule has 0 aliphatic heterocycles. The third kappa shape index (κ3) is 21.8. The number of nitrogens with zero attached hydrogens (tertiary/aromatic N) is 2. The van der Waals surface area contributed by atoms with Crippen LogP contribution in [-0.2, 0) is 23.9 Å². The molecular weight excluding hydrogens is 883 g/mol. The fraction of sp³-hybridized carbons (Fsp3) is 0.404. The lowest BCUT2D eigenvalue weighted by atomic mass is 9.86. The number of benzene rings is 2. The zero-order chi connectivity index (χ0) is 50.4. The lowest BCUT2D eigenvalue weighted by Gasteiger charge is -2.32. The number of unbranched alkanes of at least 4 members (excludes halogenated alkanes) is 3. The summed E-state index contributed by atoms with van der Waals surface area (Å²) in [6.45, 7) is 4.79. The van der Waals surface area contributed by atoms with E-state index in [-0.39, 0.29) is 54.2 Å². The molecule has 0 aliphatic rings. The summed E-state index contributed by atoms with van der Waals surface area (Å²) in [6, 6.07) is 14.7. The Morgan fingerprint density at radius 2 is 1.30 bits per heavy atom. The van der Waals surface area contributed by atoms with E-state index in [9.17, 15) is 28.8 Å². The summed E-state index contributed by atoms with van der Waals surface area (Å²) in [5.41, 5.74) is 10.4. The lowest BCUT2D eigenvalue weighted by Crippen LogP contribution is -2.61. The molecule has 0 radical (unpaired) electrons. The molecule has 17 nitrogen and oxygen atoms in total. The lowest BCUT2D eigenvalue weighted by molar-refractivity contribution is -0.153. The van der Waals surface area contributed by atoms with Crippen molar-refractivity contribution in [2.24, 2.45) is 16.9 Å². The van der Waals surface area contributed by atoms with Crippen molar-refractivity contribution >= 4 is 35.7 Å². The van der Waals surface area contributed by atoms with Crippen molar-refractivity contribution in [2.45, 2.75) is 104 Å². The van der Waals surface area contributed by atoms with Gasteiger partial charge < -0.3 is 35.3 Å². The summed E-state index contributed by atoms with van der Waals surface area (Å²) in [5.74, 6) is -4.89. The predicted molar refractivity (Wildman–Crippen MR) is 263 cm³/mol. The molecule has 2 amide bonds. The quantitative estimate of drug-likeness (QED) is 0.0155. The molecule has 372 valence electrons. The van der Waals surface area contributed by atoms with Crippen molar-refractivity contribution in [3.8, 4) is 11.5 Å². The molecule has 0 bridgehead atoms. The Hall–Kier alpha value is -6.79. The first-order valence-corrected chi connectivity index (χ1v) is 23.1. The molecule has 2 unspecified atom stereocenters. The highest BCUT2D eigenvalue weighted by Crippen LogP contribution is 2.29. The molecule has 3 rings (SSSR count). The summed E-state index contributed by atoms with van der Waals surface area (Å²) in [6.07, 6.45) is 23.8. The van der Waals surface area contributed by atoms with Crippen LogP contribution in [0, 0.1) is 5.41 Å². The highest BCUT2D eigenvalue weighted by Gasteiger charge is 2.40. The van der Waals surface area contributed by atoms with Crippen LogP contribution < -0.4 is 36.9 Å². The second-order valence-electron chi connectivity index (χ2n) is 16.7. The number of carbonyl (C=O) groups excluding carboxylic acids is 6. The van der Waals surface area contributed by atoms with Crippen LogP contribution in [0.25, 0.3) is 0 Å². The van der Waals surface area contributed by atoms with E-state index in [0.29, 0.717) is 12.8 Å². The Morgan fingerprint density at radius 3 is 1.93 bits per heavy atom. The van der Waals surface area contributed by atoms with E-state index in [1.54, 1.807) is 51.0 Å². The van der Waals surface area contributed by atoms with E-state index in [1.807, 2.05) is 6.08 Å². The minimum absolute atomic E-state index is 0.102. The Morgan fingerprint density at radius 1 is 0.725 bits per heavy atom. The average molecular weight is 952 g/mol. The molecule has 2 aromatic carbocycles. The molecule has 17 heteroatoms. The highest BCUT2D eigenvalue weighted by atomic mass is 16.6. The third-order valence-electron chi connectivity index (χ3n) is 10.1. The van der Waals surface area contributed by atoms with Crippen molar-refractivity contribution < 1.29 is 47.7 Å². The van der Waals surface area contributed by atoms with Crippen LogP contribution in [0.3, 0.4) is 0 Å². The Kier molecular flexibility index (Phi) is 25.6. The van der Waals surface area contributed by atoms with E-state index in [0.717, 1.165) is 38.5 Å². The monoisotopic (exact) mass is 952 g/mol. The SMILES string of the molecule is CC/C=C\C/C=C\C/C=C\CCC/C=C/CCCC(=O)OCC(C)(C)[C@@H](OC(=O)c1ccccc1OC(=O)c1ccccc1OC(=O)c1cccnc1)C(=O)NCCC(=O)NC(N)NC(N)N(C)C. The molecule has 0 saturated heterocycles. The normalized spacial score (nSPS) is 13.1. The summed E-state index contributed by atoms with van der Waals surface area (Å²) in [4.78, 5) is 85.3. The number of hydrogen-bond donors (Lipinski definition) is 5. The molecule has 0 saturated carbocycles. The number of aromatic nitrogens is 1. The van der Waals surface area contributed by atoms with Crippen molar-refractivity contribution in [3.63, 3.8) is 0 Å². The van der Waals surface area contributed by atoms with Gasteiger partial charge in [-0.15, -0.1) is 0 Å². The zero-order valence-corrected chi connectivity index (χ0v) is 40.4. The Bertz CT molecular complexity index is 2230. The van der Waals surface area contributed by atoms with Gasteiger partial charge in [-0.1, -0.05) is 93.6 Å². The third-order valence-corrected chi connectivity index (χ3v) is 10.1. The van der Waals surface area contributed by atoms with Crippen molar-refractivity contribution in [3.05, 3.63) is 138 Å². The minimum Gasteiger partial charge on any atom is -0.465 e. The average Bonchev–Trinajstić information content (AvgIpc) is 3.32. The van der Waals surface area contributed by atoms with Gasteiger partial charge in [-0.3, -0.25) is 35.3 Å². The van der Waals surface area contributed by atoms with Crippen molar-refractivity contribution in [1.82, 2.24) is 25.8 Å². The van der Waals surface area contributed by atoms with E-state index in [2.05, 4.69) is 70.4 Å². The van der Waals surface area contributed by atoms with Gasteiger partial charge in [-0.2, -0.15) is 0 Å². The van der Waals surface area contributed by atoms with Gasteiger partial charge in [0.1, 0.15) is 41.8 Å². The largest absolute Gasteiger partial charge is 0.465 e. The van der Waals surface area contributed by atoms with Crippen LogP contribution in [0.1, 0.15) is 116 Å². The molecule has 0 spiro atoms. The van der Waals surface area contributed by atoms with Crippen LogP contribution in [0.15, 0.2) is 122 Å². The molecule has 0 fully saturated rings. The van der Waals surface area contributed by atoms with Crippen LogP contribution >= 0.6 is 0 Å². The zero-order valence-electron chi connectivity index (χ0n) is 40.4. The number of amides is 2. The van der Waals surface area contributed by atoms with E-state index in [1.165, 1.54) is 54.9 Å². The van der Waals surface area contributed by atoms with Gasteiger partial charge in [0.15, 0.2) is 6.10 Å². The number of ether oxygens (including phenoxy) is 4. The summed E-state index contributed by atoms with van der Waals surface area (Å²) >= 11 is 0. The number of nitrogens with one attached hydrogen (secondary N) is 3. The summed E-state index contributed by atoms with van der Waals surface area (Å²) in [7, 11) is 3.45. The number of esters is 4. The Balaban J connectivity index is 1.65. The first kappa shape index (κ1) is 56.5. The maximum atomic E-state index is 14.0. The molecular formula is C52H69N7O10. The number of pyridine rings is 1. The van der Waals surface area contributed by atoms with Gasteiger partial charge in [-0.25, -0.2) is 14.4 Å². The Labute approximate surface area is 405 Å². The van der Waals surface area contributed by atoms with Gasteiger partial charge in [-0.05, 0) is 102 Å². The summed E-state index contributed by atoms with van der Waals surface area (Å²) in [5, 5.41) is 7.95. The smallest absolute Gasteiger partial charge is 0.347 e. The molecule has 69 heavy (non-hydrogen) atoms. The van der Waals surface area contributed by atoms with E-state index >= 15 is 0 Å². The van der Waals surface area contributed by atoms with Gasteiger partial charge >= 0.3 is 23.9 Å². The van der Waals surface area contributed by atoms with Crippen LogP contribution in [0.2, 0.25) is 0 Å². The van der Waals surface area contributed by atoms with Crippen LogP contribution in [-0.4, -0.2) is 91.5 Å². The molecule has 0 aliphatic carbocycles. The molecule has 1 heterocycles. The number of para-hydroxylation sites is 2. The second-order valence-corrected chi connectivity index (χ2v) is 16.7. The first-order chi connectivity index (χ1) is 33.1. The number of nitrogens with two attached hydrogens (primary N) is 2.